The van der Waals surface area contributed by atoms with E-state index in [1.807, 2.05) is 13.0 Å². The summed E-state index contributed by atoms with van der Waals surface area (Å²) >= 11 is 0. The van der Waals surface area contributed by atoms with Crippen LogP contribution in [0.2, 0.25) is 0 Å². The summed E-state index contributed by atoms with van der Waals surface area (Å²) in [6.07, 6.45) is 0.998. The highest BCUT2D eigenvalue weighted by Crippen LogP contribution is 2.20. The van der Waals surface area contributed by atoms with Gasteiger partial charge in [0.2, 0.25) is 0 Å². The Kier molecular flexibility index (Phi) is 5.15. The molecule has 0 saturated carbocycles. The zero-order chi connectivity index (χ0) is 13.0. The second-order valence-corrected chi connectivity index (χ2v) is 5.83. The maximum absolute atomic E-state index is 10.8. The summed E-state index contributed by atoms with van der Waals surface area (Å²) < 4.78 is 21.7. The van der Waals surface area contributed by atoms with Crippen molar-refractivity contribution >= 4 is 10.7 Å². The fourth-order valence-electron chi connectivity index (χ4n) is 2.10. The lowest BCUT2D eigenvalue weighted by Crippen LogP contribution is -2.07. The number of benzene rings is 1. The first-order valence-electron chi connectivity index (χ1n) is 5.87. The summed E-state index contributed by atoms with van der Waals surface area (Å²) in [6.45, 7) is 6.68. The van der Waals surface area contributed by atoms with E-state index < -0.39 is 10.7 Å². The molecule has 0 aliphatic carbocycles. The van der Waals surface area contributed by atoms with Crippen LogP contribution in [0.25, 0.3) is 0 Å². The van der Waals surface area contributed by atoms with Crippen LogP contribution in [0.15, 0.2) is 12.1 Å². The molecule has 0 aromatic heterocycles. The van der Waals surface area contributed by atoms with Crippen molar-refractivity contribution in [3.63, 3.8) is 0 Å². The third-order valence-corrected chi connectivity index (χ3v) is 3.35. The van der Waals surface area contributed by atoms with Gasteiger partial charge in [0.25, 0.3) is 0 Å². The van der Waals surface area contributed by atoms with Crippen molar-refractivity contribution in [1.29, 1.82) is 0 Å². The van der Waals surface area contributed by atoms with Gasteiger partial charge < -0.3 is 5.73 Å². The molecule has 0 bridgehead atoms. The third kappa shape index (κ3) is 4.13. The molecule has 1 aromatic rings. The molecule has 0 unspecified atom stereocenters. The second kappa shape index (κ2) is 6.17. The molecule has 0 heterocycles. The lowest BCUT2D eigenvalue weighted by atomic mass is 9.95. The predicted octanol–water partition coefficient (Wildman–Crippen LogP) is 1.76. The van der Waals surface area contributed by atoms with E-state index in [9.17, 15) is 8.42 Å². The second-order valence-electron chi connectivity index (χ2n) is 4.84. The Morgan fingerprint density at radius 3 is 2.41 bits per heavy atom. The van der Waals surface area contributed by atoms with Crippen molar-refractivity contribution in [3.05, 3.63) is 34.4 Å². The van der Waals surface area contributed by atoms with Crippen LogP contribution in [0, 0.1) is 12.8 Å². The number of aryl methyl sites for hydroxylation is 1. The van der Waals surface area contributed by atoms with E-state index in [1.165, 1.54) is 5.56 Å². The van der Waals surface area contributed by atoms with E-state index >= 15 is 0 Å². The van der Waals surface area contributed by atoms with Gasteiger partial charge in [-0.05, 0) is 41.5 Å². The zero-order valence-electron chi connectivity index (χ0n) is 10.7. The standard InChI is InChI=1S/C13H21NO2S/c1-9(2)4-11-5-10(3)13(8-17(15)16)12(6-11)7-14/h5-6,9,17H,4,7-8,14H2,1-3H3. The quantitative estimate of drug-likeness (QED) is 0.788. The summed E-state index contributed by atoms with van der Waals surface area (Å²) in [7, 11) is -2.40. The van der Waals surface area contributed by atoms with Crippen LogP contribution in [0.4, 0.5) is 0 Å². The molecule has 0 spiro atoms. The van der Waals surface area contributed by atoms with Gasteiger partial charge in [-0.25, -0.2) is 8.42 Å². The van der Waals surface area contributed by atoms with Crippen LogP contribution in [-0.2, 0) is 29.4 Å². The minimum Gasteiger partial charge on any atom is -0.326 e. The van der Waals surface area contributed by atoms with Crippen LogP contribution in [0.5, 0.6) is 0 Å². The van der Waals surface area contributed by atoms with Gasteiger partial charge in [0.15, 0.2) is 0 Å². The number of thiol groups is 1. The molecular weight excluding hydrogens is 234 g/mol. The van der Waals surface area contributed by atoms with Crippen LogP contribution in [0.1, 0.15) is 36.1 Å². The monoisotopic (exact) mass is 255 g/mol. The fourth-order valence-corrected chi connectivity index (χ4v) is 2.81. The average Bonchev–Trinajstić information content (AvgIpc) is 2.20. The molecule has 0 amide bonds. The Labute approximate surface area is 105 Å². The van der Waals surface area contributed by atoms with E-state index in [1.54, 1.807) is 0 Å². The highest BCUT2D eigenvalue weighted by atomic mass is 32.2. The molecule has 4 heteroatoms. The van der Waals surface area contributed by atoms with Gasteiger partial charge in [-0.2, -0.15) is 0 Å². The smallest absolute Gasteiger partial charge is 0.144 e. The van der Waals surface area contributed by atoms with Gasteiger partial charge in [-0.15, -0.1) is 0 Å². The van der Waals surface area contributed by atoms with Gasteiger partial charge in [0.1, 0.15) is 10.7 Å². The van der Waals surface area contributed by atoms with Crippen molar-refractivity contribution in [2.45, 2.75) is 39.5 Å². The molecule has 96 valence electrons. The summed E-state index contributed by atoms with van der Waals surface area (Å²) in [6, 6.07) is 4.12. The minimum absolute atomic E-state index is 0.0929. The minimum atomic E-state index is -2.40. The van der Waals surface area contributed by atoms with E-state index in [0.717, 1.165) is 23.1 Å². The number of rotatable bonds is 5. The lowest BCUT2D eigenvalue weighted by Gasteiger charge is -2.13. The van der Waals surface area contributed by atoms with Crippen molar-refractivity contribution in [2.24, 2.45) is 11.7 Å². The van der Waals surface area contributed by atoms with E-state index in [4.69, 9.17) is 5.73 Å². The van der Waals surface area contributed by atoms with Gasteiger partial charge >= 0.3 is 0 Å². The van der Waals surface area contributed by atoms with Crippen LogP contribution < -0.4 is 5.73 Å². The predicted molar refractivity (Wildman–Crippen MR) is 71.6 cm³/mol. The highest BCUT2D eigenvalue weighted by Gasteiger charge is 2.09. The average molecular weight is 255 g/mol. The molecular formula is C13H21NO2S. The fraction of sp³-hybridized carbons (Fsp3) is 0.538. The maximum Gasteiger partial charge on any atom is 0.144 e. The Hall–Kier alpha value is -0.870. The van der Waals surface area contributed by atoms with Gasteiger partial charge in [-0.1, -0.05) is 26.0 Å². The van der Waals surface area contributed by atoms with Crippen molar-refractivity contribution in [3.8, 4) is 0 Å². The van der Waals surface area contributed by atoms with Gasteiger partial charge in [0.05, 0.1) is 5.75 Å². The van der Waals surface area contributed by atoms with Crippen molar-refractivity contribution in [1.82, 2.24) is 0 Å². The molecule has 1 rings (SSSR count). The van der Waals surface area contributed by atoms with E-state index in [0.29, 0.717) is 12.5 Å². The number of nitrogens with two attached hydrogens (primary N) is 1. The number of hydrogen-bond acceptors (Lipinski definition) is 3. The molecule has 0 aliphatic rings. The molecule has 2 N–H and O–H groups in total. The molecule has 17 heavy (non-hydrogen) atoms. The molecule has 0 radical (unpaired) electrons. The summed E-state index contributed by atoms with van der Waals surface area (Å²) in [5, 5.41) is 0. The first-order valence-corrected chi connectivity index (χ1v) is 7.23. The normalized spacial score (nSPS) is 11.4. The lowest BCUT2D eigenvalue weighted by molar-refractivity contribution is 0.613. The van der Waals surface area contributed by atoms with E-state index in [-0.39, 0.29) is 5.75 Å². The molecule has 0 atom stereocenters. The zero-order valence-corrected chi connectivity index (χ0v) is 11.6. The van der Waals surface area contributed by atoms with E-state index in [2.05, 4.69) is 19.9 Å². The SMILES string of the molecule is Cc1cc(CC(C)C)cc(CN)c1C[SH](=O)=O. The molecule has 0 saturated heterocycles. The summed E-state index contributed by atoms with van der Waals surface area (Å²) in [4.78, 5) is 0. The number of hydrogen-bond donors (Lipinski definition) is 2. The van der Waals surface area contributed by atoms with Crippen LogP contribution >= 0.6 is 0 Å². The van der Waals surface area contributed by atoms with Crippen LogP contribution in [-0.4, -0.2) is 8.42 Å². The Morgan fingerprint density at radius 2 is 1.94 bits per heavy atom. The Morgan fingerprint density at radius 1 is 1.29 bits per heavy atom. The highest BCUT2D eigenvalue weighted by molar-refractivity contribution is 7.71. The van der Waals surface area contributed by atoms with Crippen molar-refractivity contribution in [2.75, 3.05) is 0 Å². The first-order chi connectivity index (χ1) is 7.93. The maximum atomic E-state index is 10.8. The summed E-state index contributed by atoms with van der Waals surface area (Å²) in [5.41, 5.74) is 9.80. The molecule has 3 nitrogen and oxygen atoms in total. The largest absolute Gasteiger partial charge is 0.326 e. The third-order valence-electron chi connectivity index (χ3n) is 2.78. The van der Waals surface area contributed by atoms with Crippen molar-refractivity contribution < 1.29 is 8.42 Å². The summed E-state index contributed by atoms with van der Waals surface area (Å²) in [5.74, 6) is 0.678. The first kappa shape index (κ1) is 14.2. The molecule has 1 aromatic carbocycles. The molecule has 0 aliphatic heterocycles. The van der Waals surface area contributed by atoms with Gasteiger partial charge in [0, 0.05) is 6.54 Å². The van der Waals surface area contributed by atoms with Gasteiger partial charge in [-0.3, -0.25) is 0 Å². The Bertz CT molecular complexity index is 457. The topological polar surface area (TPSA) is 60.2 Å². The van der Waals surface area contributed by atoms with Crippen LogP contribution in [0.3, 0.4) is 0 Å². The molecule has 0 fully saturated rings. The Balaban J connectivity index is 3.15.